The largest absolute Gasteiger partial charge is 0.481 e. The van der Waals surface area contributed by atoms with Gasteiger partial charge in [0.05, 0.1) is 6.42 Å². The molecule has 0 unspecified atom stereocenters. The summed E-state index contributed by atoms with van der Waals surface area (Å²) in [5, 5.41) is 19.1. The highest BCUT2D eigenvalue weighted by atomic mass is 19.4. The van der Waals surface area contributed by atoms with E-state index in [-0.39, 0.29) is 0 Å². The standard InChI is InChI=1S/C11H11F3N2O5/c12-11(13,14)5-16-3-1-2-7(16)9(19)15-6(10(20)21)4-8(17)18/h1-3,6H,4-5H2,(H,15,19)(H,17,18)(H,20,21)/t6-/m0/s1. The summed E-state index contributed by atoms with van der Waals surface area (Å²) in [6.45, 7) is -1.42. The first-order valence-corrected chi connectivity index (χ1v) is 5.57. The topological polar surface area (TPSA) is 109 Å². The van der Waals surface area contributed by atoms with Crippen molar-refractivity contribution in [2.24, 2.45) is 0 Å². The molecular weight excluding hydrogens is 297 g/mol. The van der Waals surface area contributed by atoms with Gasteiger partial charge in [-0.3, -0.25) is 9.59 Å². The van der Waals surface area contributed by atoms with Crippen LogP contribution in [-0.4, -0.2) is 44.8 Å². The van der Waals surface area contributed by atoms with Crippen molar-refractivity contribution in [1.82, 2.24) is 9.88 Å². The fourth-order valence-electron chi connectivity index (χ4n) is 1.56. The van der Waals surface area contributed by atoms with Crippen molar-refractivity contribution in [3.05, 3.63) is 24.0 Å². The number of aromatic nitrogens is 1. The van der Waals surface area contributed by atoms with E-state index in [2.05, 4.69) is 0 Å². The minimum atomic E-state index is -4.55. The number of nitrogens with one attached hydrogen (secondary N) is 1. The van der Waals surface area contributed by atoms with E-state index >= 15 is 0 Å². The van der Waals surface area contributed by atoms with Crippen molar-refractivity contribution >= 4 is 17.8 Å². The summed E-state index contributed by atoms with van der Waals surface area (Å²) in [6.07, 6.45) is -4.43. The molecular formula is C11H11F3N2O5. The van der Waals surface area contributed by atoms with Crippen molar-refractivity contribution in [1.29, 1.82) is 0 Å². The molecule has 0 saturated heterocycles. The zero-order valence-corrected chi connectivity index (χ0v) is 10.4. The molecule has 0 radical (unpaired) electrons. The Hall–Kier alpha value is -2.52. The van der Waals surface area contributed by atoms with E-state index in [9.17, 15) is 27.6 Å². The smallest absolute Gasteiger partial charge is 0.406 e. The van der Waals surface area contributed by atoms with Crippen LogP contribution in [0.5, 0.6) is 0 Å². The van der Waals surface area contributed by atoms with Crippen LogP contribution in [0.4, 0.5) is 13.2 Å². The minimum Gasteiger partial charge on any atom is -0.481 e. The Bertz CT molecular complexity index is 552. The van der Waals surface area contributed by atoms with E-state index in [1.807, 2.05) is 5.32 Å². The molecule has 0 saturated carbocycles. The highest BCUT2D eigenvalue weighted by Crippen LogP contribution is 2.19. The van der Waals surface area contributed by atoms with E-state index in [0.717, 1.165) is 12.3 Å². The number of halogens is 3. The summed E-state index contributed by atoms with van der Waals surface area (Å²) in [5.74, 6) is -4.16. The molecule has 21 heavy (non-hydrogen) atoms. The van der Waals surface area contributed by atoms with Gasteiger partial charge in [0.15, 0.2) is 0 Å². The first kappa shape index (κ1) is 16.5. The molecule has 0 spiro atoms. The molecule has 1 aromatic heterocycles. The number of alkyl halides is 3. The molecule has 3 N–H and O–H groups in total. The Balaban J connectivity index is 2.86. The van der Waals surface area contributed by atoms with Gasteiger partial charge < -0.3 is 20.1 Å². The van der Waals surface area contributed by atoms with Gasteiger partial charge in [0.1, 0.15) is 18.3 Å². The fraction of sp³-hybridized carbons (Fsp3) is 0.364. The first-order valence-electron chi connectivity index (χ1n) is 5.57. The van der Waals surface area contributed by atoms with Gasteiger partial charge in [0.2, 0.25) is 0 Å². The fourth-order valence-corrected chi connectivity index (χ4v) is 1.56. The lowest BCUT2D eigenvalue weighted by Crippen LogP contribution is -2.43. The average Bonchev–Trinajstić information content (AvgIpc) is 2.72. The molecule has 7 nitrogen and oxygen atoms in total. The van der Waals surface area contributed by atoms with Crippen LogP contribution in [-0.2, 0) is 16.1 Å². The van der Waals surface area contributed by atoms with Crippen LogP contribution in [0.2, 0.25) is 0 Å². The Morgan fingerprint density at radius 2 is 1.90 bits per heavy atom. The Morgan fingerprint density at radius 1 is 1.29 bits per heavy atom. The number of hydrogen-bond acceptors (Lipinski definition) is 3. The van der Waals surface area contributed by atoms with Gasteiger partial charge in [-0.1, -0.05) is 0 Å². The lowest BCUT2D eigenvalue weighted by atomic mass is 10.2. The maximum Gasteiger partial charge on any atom is 0.406 e. The third-order valence-electron chi connectivity index (χ3n) is 2.39. The lowest BCUT2D eigenvalue weighted by molar-refractivity contribution is -0.145. The molecule has 1 amide bonds. The third-order valence-corrected chi connectivity index (χ3v) is 2.39. The molecule has 0 fully saturated rings. The first-order chi connectivity index (χ1) is 9.60. The number of carbonyl (C=O) groups is 3. The van der Waals surface area contributed by atoms with Crippen LogP contribution in [0.1, 0.15) is 16.9 Å². The van der Waals surface area contributed by atoms with Crippen molar-refractivity contribution in [3.63, 3.8) is 0 Å². The van der Waals surface area contributed by atoms with Crippen molar-refractivity contribution in [2.75, 3.05) is 0 Å². The number of aliphatic carboxylic acids is 2. The predicted molar refractivity (Wildman–Crippen MR) is 61.6 cm³/mol. The molecule has 116 valence electrons. The molecule has 10 heteroatoms. The van der Waals surface area contributed by atoms with E-state index in [1.165, 1.54) is 6.07 Å². The minimum absolute atomic E-state index is 0.413. The molecule has 0 aliphatic rings. The SMILES string of the molecule is O=C(O)C[C@H](NC(=O)c1cccn1CC(F)(F)F)C(=O)O. The maximum atomic E-state index is 12.3. The number of amides is 1. The van der Waals surface area contributed by atoms with Gasteiger partial charge in [-0.2, -0.15) is 13.2 Å². The summed E-state index contributed by atoms with van der Waals surface area (Å²) in [4.78, 5) is 33.0. The number of rotatable bonds is 6. The average molecular weight is 308 g/mol. The monoisotopic (exact) mass is 308 g/mol. The Morgan fingerprint density at radius 3 is 2.38 bits per heavy atom. The van der Waals surface area contributed by atoms with Gasteiger partial charge in [-0.05, 0) is 12.1 Å². The molecule has 0 aliphatic heterocycles. The normalized spacial score (nSPS) is 12.7. The molecule has 1 atom stereocenters. The molecule has 1 rings (SSSR count). The van der Waals surface area contributed by atoms with E-state index in [1.54, 1.807) is 0 Å². The van der Waals surface area contributed by atoms with Crippen LogP contribution >= 0.6 is 0 Å². The molecule has 0 aromatic carbocycles. The predicted octanol–water partition coefficient (Wildman–Crippen LogP) is 0.708. The van der Waals surface area contributed by atoms with Crippen LogP contribution in [0, 0.1) is 0 Å². The van der Waals surface area contributed by atoms with Gasteiger partial charge in [0.25, 0.3) is 5.91 Å². The Labute approximate surface area is 116 Å². The highest BCUT2D eigenvalue weighted by molar-refractivity contribution is 5.96. The van der Waals surface area contributed by atoms with Gasteiger partial charge in [0, 0.05) is 6.20 Å². The quantitative estimate of drug-likeness (QED) is 0.717. The summed E-state index contributed by atoms with van der Waals surface area (Å²) in [5.41, 5.74) is -0.413. The third kappa shape index (κ3) is 5.16. The number of nitrogens with zero attached hydrogens (tertiary/aromatic N) is 1. The van der Waals surface area contributed by atoms with Crippen LogP contribution in [0.15, 0.2) is 18.3 Å². The number of carboxylic acid groups (broad SMARTS) is 2. The van der Waals surface area contributed by atoms with E-state index in [4.69, 9.17) is 10.2 Å². The van der Waals surface area contributed by atoms with Crippen LogP contribution < -0.4 is 5.32 Å². The molecule has 1 aromatic rings. The van der Waals surface area contributed by atoms with Crippen molar-refractivity contribution < 1.29 is 37.8 Å². The second-order valence-electron chi connectivity index (χ2n) is 4.10. The number of hydrogen-bond donors (Lipinski definition) is 3. The summed E-state index contributed by atoms with van der Waals surface area (Å²) in [6, 6.07) is 0.526. The lowest BCUT2D eigenvalue weighted by Gasteiger charge is -2.15. The number of carbonyl (C=O) groups excluding carboxylic acids is 1. The van der Waals surface area contributed by atoms with Gasteiger partial charge in [-0.15, -0.1) is 0 Å². The summed E-state index contributed by atoms with van der Waals surface area (Å²) < 4.78 is 37.5. The summed E-state index contributed by atoms with van der Waals surface area (Å²) in [7, 11) is 0. The van der Waals surface area contributed by atoms with Crippen molar-refractivity contribution in [3.8, 4) is 0 Å². The Kier molecular flexibility index (Phi) is 4.95. The second kappa shape index (κ2) is 6.29. The molecule has 1 heterocycles. The summed E-state index contributed by atoms with van der Waals surface area (Å²) >= 11 is 0. The number of carboxylic acids is 2. The maximum absolute atomic E-state index is 12.3. The molecule has 0 bridgehead atoms. The zero-order valence-electron chi connectivity index (χ0n) is 10.4. The highest BCUT2D eigenvalue weighted by Gasteiger charge is 2.30. The van der Waals surface area contributed by atoms with E-state index < -0.39 is 48.7 Å². The second-order valence-corrected chi connectivity index (χ2v) is 4.10. The molecule has 0 aliphatic carbocycles. The van der Waals surface area contributed by atoms with E-state index in [0.29, 0.717) is 4.57 Å². The van der Waals surface area contributed by atoms with Gasteiger partial charge >= 0.3 is 18.1 Å². The van der Waals surface area contributed by atoms with Gasteiger partial charge in [-0.25, -0.2) is 4.79 Å². The van der Waals surface area contributed by atoms with Crippen LogP contribution in [0.25, 0.3) is 0 Å². The zero-order chi connectivity index (χ0) is 16.2. The van der Waals surface area contributed by atoms with Crippen molar-refractivity contribution in [2.45, 2.75) is 25.2 Å². The van der Waals surface area contributed by atoms with Crippen LogP contribution in [0.3, 0.4) is 0 Å².